The van der Waals surface area contributed by atoms with Crippen LogP contribution >= 0.6 is 15.9 Å². The zero-order valence-electron chi connectivity index (χ0n) is 9.20. The van der Waals surface area contributed by atoms with Crippen LogP contribution in [-0.4, -0.2) is 17.5 Å². The summed E-state index contributed by atoms with van der Waals surface area (Å²) in [6, 6.07) is 6.08. The number of rotatable bonds is 2. The smallest absolute Gasteiger partial charge is 0.168 e. The van der Waals surface area contributed by atoms with Crippen molar-refractivity contribution in [1.29, 1.82) is 0 Å². The monoisotopic (exact) mass is 286 g/mol. The minimum Gasteiger partial charge on any atom is -0.396 e. The fourth-order valence-corrected chi connectivity index (χ4v) is 2.13. The largest absolute Gasteiger partial charge is 0.396 e. The molecule has 1 atom stereocenters. The normalized spacial score (nSPS) is 24.9. The molecule has 0 radical (unpaired) electrons. The molecule has 1 aromatic rings. The van der Waals surface area contributed by atoms with Gasteiger partial charge in [-0.25, -0.2) is 0 Å². The van der Waals surface area contributed by atoms with E-state index in [2.05, 4.69) is 15.9 Å². The summed E-state index contributed by atoms with van der Waals surface area (Å²) in [6.45, 7) is 2.98. The van der Waals surface area contributed by atoms with E-state index in [9.17, 15) is 0 Å². The Hall–Kier alpha value is -0.420. The van der Waals surface area contributed by atoms with Crippen molar-refractivity contribution in [3.8, 4) is 0 Å². The van der Waals surface area contributed by atoms with E-state index in [1.54, 1.807) is 0 Å². The molecule has 1 heterocycles. The molecular weight excluding hydrogens is 272 g/mol. The number of aliphatic hydroxyl groups excluding tert-OH is 1. The number of ether oxygens (including phenoxy) is 2. The van der Waals surface area contributed by atoms with Gasteiger partial charge in [0.05, 0.1) is 13.2 Å². The van der Waals surface area contributed by atoms with Gasteiger partial charge in [0.15, 0.2) is 5.79 Å². The average molecular weight is 287 g/mol. The molecule has 16 heavy (non-hydrogen) atoms. The summed E-state index contributed by atoms with van der Waals surface area (Å²) in [5.41, 5.74) is 2.28. The highest BCUT2D eigenvalue weighted by Gasteiger charge is 2.28. The third-order valence-corrected chi connectivity index (χ3v) is 3.29. The third-order valence-electron chi connectivity index (χ3n) is 2.80. The number of hydrogen-bond acceptors (Lipinski definition) is 3. The van der Waals surface area contributed by atoms with E-state index in [4.69, 9.17) is 14.6 Å². The van der Waals surface area contributed by atoms with Crippen molar-refractivity contribution in [3.63, 3.8) is 0 Å². The first-order valence-corrected chi connectivity index (χ1v) is 6.08. The Balaban J connectivity index is 2.18. The van der Waals surface area contributed by atoms with Crippen molar-refractivity contribution in [2.75, 3.05) is 6.61 Å². The van der Waals surface area contributed by atoms with Crippen molar-refractivity contribution in [2.45, 2.75) is 32.3 Å². The number of aliphatic hydroxyl groups is 1. The van der Waals surface area contributed by atoms with Gasteiger partial charge in [0.2, 0.25) is 0 Å². The number of benzene rings is 1. The van der Waals surface area contributed by atoms with Crippen molar-refractivity contribution >= 4 is 15.9 Å². The molecular formula is C12H15BrO3. The lowest BCUT2D eigenvalue weighted by molar-refractivity contribution is -0.238. The first-order chi connectivity index (χ1) is 7.63. The predicted octanol–water partition coefficient (Wildman–Crippen LogP) is 2.59. The lowest BCUT2D eigenvalue weighted by Crippen LogP contribution is -2.31. The average Bonchev–Trinajstić information content (AvgIpc) is 2.40. The molecule has 2 rings (SSSR count). The van der Waals surface area contributed by atoms with Gasteiger partial charge in [-0.2, -0.15) is 0 Å². The maximum Gasteiger partial charge on any atom is 0.168 e. The zero-order chi connectivity index (χ0) is 11.6. The van der Waals surface area contributed by atoms with E-state index in [0.29, 0.717) is 19.6 Å². The van der Waals surface area contributed by atoms with Crippen LogP contribution in [0.2, 0.25) is 0 Å². The number of fused-ring (bicyclic) bond motifs is 1. The molecule has 1 N–H and O–H groups in total. The Morgan fingerprint density at radius 1 is 1.31 bits per heavy atom. The van der Waals surface area contributed by atoms with Crippen LogP contribution < -0.4 is 0 Å². The summed E-state index contributed by atoms with van der Waals surface area (Å²) >= 11 is 3.44. The van der Waals surface area contributed by atoms with Crippen molar-refractivity contribution in [2.24, 2.45) is 0 Å². The highest BCUT2D eigenvalue weighted by Crippen LogP contribution is 2.28. The Kier molecular flexibility index (Phi) is 3.64. The van der Waals surface area contributed by atoms with Gasteiger partial charge < -0.3 is 14.6 Å². The summed E-state index contributed by atoms with van der Waals surface area (Å²) in [7, 11) is 0. The van der Waals surface area contributed by atoms with Gasteiger partial charge in [0, 0.05) is 17.5 Å². The van der Waals surface area contributed by atoms with E-state index in [1.807, 2.05) is 25.1 Å². The van der Waals surface area contributed by atoms with E-state index in [-0.39, 0.29) is 6.61 Å². The summed E-state index contributed by atoms with van der Waals surface area (Å²) in [6.07, 6.45) is 0.488. The number of halogens is 1. The molecule has 1 aromatic carbocycles. The van der Waals surface area contributed by atoms with Crippen LogP contribution in [-0.2, 0) is 22.7 Å². The molecule has 4 heteroatoms. The van der Waals surface area contributed by atoms with Crippen LogP contribution in [0.1, 0.15) is 24.5 Å². The van der Waals surface area contributed by atoms with Gasteiger partial charge in [-0.3, -0.25) is 0 Å². The minimum absolute atomic E-state index is 0.0660. The van der Waals surface area contributed by atoms with Gasteiger partial charge in [-0.15, -0.1) is 0 Å². The molecule has 0 bridgehead atoms. The van der Waals surface area contributed by atoms with E-state index in [0.717, 1.165) is 15.6 Å². The summed E-state index contributed by atoms with van der Waals surface area (Å²) < 4.78 is 12.5. The van der Waals surface area contributed by atoms with E-state index < -0.39 is 5.79 Å². The fourth-order valence-electron chi connectivity index (χ4n) is 1.72. The molecule has 0 fully saturated rings. The van der Waals surface area contributed by atoms with Gasteiger partial charge in [-0.05, 0) is 30.2 Å². The van der Waals surface area contributed by atoms with Crippen molar-refractivity contribution in [3.05, 3.63) is 33.8 Å². The lowest BCUT2D eigenvalue weighted by atomic mass is 10.1. The zero-order valence-corrected chi connectivity index (χ0v) is 10.8. The standard InChI is InChI=1S/C12H15BrO3/c1-12(4-5-14)15-7-9-2-3-11(13)6-10(9)8-16-12/h2-3,6,14H,4-5,7-8H2,1H3. The summed E-state index contributed by atoms with van der Waals surface area (Å²) in [5.74, 6) is -0.680. The van der Waals surface area contributed by atoms with Gasteiger partial charge in [-0.1, -0.05) is 22.0 Å². The second-order valence-corrected chi connectivity index (χ2v) is 5.01. The Labute approximate surface area is 104 Å². The SMILES string of the molecule is CC1(CCO)OCc2ccc(Br)cc2CO1. The number of hydrogen-bond donors (Lipinski definition) is 1. The maximum atomic E-state index is 8.97. The molecule has 0 saturated heterocycles. The minimum atomic E-state index is -0.680. The highest BCUT2D eigenvalue weighted by molar-refractivity contribution is 9.10. The Morgan fingerprint density at radius 2 is 2.00 bits per heavy atom. The molecule has 0 aliphatic carbocycles. The van der Waals surface area contributed by atoms with E-state index >= 15 is 0 Å². The summed E-state index contributed by atoms with van der Waals surface area (Å²) in [4.78, 5) is 0. The van der Waals surface area contributed by atoms with Crippen LogP contribution in [0.3, 0.4) is 0 Å². The first-order valence-electron chi connectivity index (χ1n) is 5.29. The van der Waals surface area contributed by atoms with Gasteiger partial charge in [0.1, 0.15) is 0 Å². The Bertz CT molecular complexity index is 381. The van der Waals surface area contributed by atoms with Gasteiger partial charge >= 0.3 is 0 Å². The molecule has 0 saturated carbocycles. The molecule has 3 nitrogen and oxygen atoms in total. The molecule has 88 valence electrons. The molecule has 1 unspecified atom stereocenters. The Morgan fingerprint density at radius 3 is 2.69 bits per heavy atom. The van der Waals surface area contributed by atoms with Crippen LogP contribution in [0, 0.1) is 0 Å². The van der Waals surface area contributed by atoms with Crippen LogP contribution in [0.25, 0.3) is 0 Å². The van der Waals surface area contributed by atoms with Gasteiger partial charge in [0.25, 0.3) is 0 Å². The topological polar surface area (TPSA) is 38.7 Å². The first kappa shape index (κ1) is 12.0. The lowest BCUT2D eigenvalue weighted by Gasteiger charge is -2.27. The van der Waals surface area contributed by atoms with Crippen LogP contribution in [0.5, 0.6) is 0 Å². The van der Waals surface area contributed by atoms with Crippen LogP contribution in [0.15, 0.2) is 22.7 Å². The van der Waals surface area contributed by atoms with Crippen LogP contribution in [0.4, 0.5) is 0 Å². The highest BCUT2D eigenvalue weighted by atomic mass is 79.9. The fraction of sp³-hybridized carbons (Fsp3) is 0.500. The van der Waals surface area contributed by atoms with E-state index in [1.165, 1.54) is 0 Å². The molecule has 1 aliphatic rings. The second kappa shape index (κ2) is 4.84. The predicted molar refractivity (Wildman–Crippen MR) is 63.8 cm³/mol. The molecule has 0 spiro atoms. The molecule has 0 amide bonds. The third kappa shape index (κ3) is 2.63. The second-order valence-electron chi connectivity index (χ2n) is 4.10. The molecule has 0 aromatic heterocycles. The maximum absolute atomic E-state index is 8.97. The van der Waals surface area contributed by atoms with Crippen molar-refractivity contribution < 1.29 is 14.6 Å². The quantitative estimate of drug-likeness (QED) is 0.908. The van der Waals surface area contributed by atoms with Crippen molar-refractivity contribution in [1.82, 2.24) is 0 Å². The molecule has 1 aliphatic heterocycles. The summed E-state index contributed by atoms with van der Waals surface area (Å²) in [5, 5.41) is 8.97.